The Hall–Kier alpha value is -1.95. The SMILES string of the molecule is CC(C)[C@@H]1CN(C(=O)CN2CCCCC2)CCC(=O)N1Cc1ccc(F)cc1. The van der Waals surface area contributed by atoms with Gasteiger partial charge in [0.05, 0.1) is 12.6 Å². The van der Waals surface area contributed by atoms with Gasteiger partial charge in [0.2, 0.25) is 11.8 Å². The molecule has 28 heavy (non-hydrogen) atoms. The molecule has 2 amide bonds. The zero-order chi connectivity index (χ0) is 20.1. The van der Waals surface area contributed by atoms with Gasteiger partial charge in [0.25, 0.3) is 0 Å². The molecule has 2 heterocycles. The molecule has 1 aromatic rings. The fourth-order valence-electron chi connectivity index (χ4n) is 4.17. The Morgan fingerprint density at radius 2 is 1.79 bits per heavy atom. The van der Waals surface area contributed by atoms with Crippen molar-refractivity contribution < 1.29 is 14.0 Å². The molecule has 0 aliphatic carbocycles. The Bertz CT molecular complexity index is 671. The molecule has 0 radical (unpaired) electrons. The summed E-state index contributed by atoms with van der Waals surface area (Å²) in [7, 11) is 0. The standard InChI is InChI=1S/C22H32FN3O2/c1-17(2)20-15-25(22(28)16-24-11-4-3-5-12-24)13-10-21(27)26(20)14-18-6-8-19(23)9-7-18/h6-9,17,20H,3-5,10-16H2,1-2H3/t20-/m0/s1. The van der Waals surface area contributed by atoms with Crippen LogP contribution in [0.25, 0.3) is 0 Å². The minimum atomic E-state index is -0.277. The van der Waals surface area contributed by atoms with Crippen LogP contribution in [0.3, 0.4) is 0 Å². The van der Waals surface area contributed by atoms with Gasteiger partial charge in [0, 0.05) is 26.1 Å². The van der Waals surface area contributed by atoms with Crippen molar-refractivity contribution in [3.8, 4) is 0 Å². The number of benzene rings is 1. The van der Waals surface area contributed by atoms with E-state index in [0.29, 0.717) is 32.6 Å². The van der Waals surface area contributed by atoms with E-state index in [9.17, 15) is 14.0 Å². The van der Waals surface area contributed by atoms with Gasteiger partial charge in [0.15, 0.2) is 0 Å². The zero-order valence-corrected chi connectivity index (χ0v) is 17.1. The smallest absolute Gasteiger partial charge is 0.236 e. The summed E-state index contributed by atoms with van der Waals surface area (Å²) in [5, 5.41) is 0. The molecular formula is C22H32FN3O2. The van der Waals surface area contributed by atoms with Gasteiger partial charge in [-0.15, -0.1) is 0 Å². The number of amides is 2. The molecule has 154 valence electrons. The molecule has 0 saturated carbocycles. The van der Waals surface area contributed by atoms with Crippen molar-refractivity contribution in [1.29, 1.82) is 0 Å². The molecule has 2 saturated heterocycles. The van der Waals surface area contributed by atoms with Gasteiger partial charge in [-0.1, -0.05) is 32.4 Å². The predicted octanol–water partition coefficient (Wildman–Crippen LogP) is 2.90. The number of piperidine rings is 1. The molecule has 0 bridgehead atoms. The third kappa shape index (κ3) is 5.31. The van der Waals surface area contributed by atoms with Crippen molar-refractivity contribution in [3.63, 3.8) is 0 Å². The maximum Gasteiger partial charge on any atom is 0.236 e. The van der Waals surface area contributed by atoms with E-state index in [1.165, 1.54) is 18.6 Å². The number of hydrogen-bond acceptors (Lipinski definition) is 3. The molecular weight excluding hydrogens is 357 g/mol. The quantitative estimate of drug-likeness (QED) is 0.778. The average molecular weight is 390 g/mol. The number of nitrogens with zero attached hydrogens (tertiary/aromatic N) is 3. The van der Waals surface area contributed by atoms with E-state index >= 15 is 0 Å². The summed E-state index contributed by atoms with van der Waals surface area (Å²) in [5.74, 6) is 0.147. The van der Waals surface area contributed by atoms with Gasteiger partial charge in [-0.3, -0.25) is 14.5 Å². The van der Waals surface area contributed by atoms with Gasteiger partial charge in [-0.2, -0.15) is 0 Å². The summed E-state index contributed by atoms with van der Waals surface area (Å²) in [6.45, 7) is 8.12. The van der Waals surface area contributed by atoms with Gasteiger partial charge in [-0.25, -0.2) is 4.39 Å². The van der Waals surface area contributed by atoms with E-state index in [4.69, 9.17) is 0 Å². The van der Waals surface area contributed by atoms with Crippen LogP contribution in [-0.4, -0.2) is 65.3 Å². The van der Waals surface area contributed by atoms with Crippen LogP contribution >= 0.6 is 0 Å². The first-order valence-electron chi connectivity index (χ1n) is 10.5. The van der Waals surface area contributed by atoms with E-state index in [1.54, 1.807) is 12.1 Å². The Labute approximate surface area is 167 Å². The lowest BCUT2D eigenvalue weighted by Gasteiger charge is -2.35. The van der Waals surface area contributed by atoms with E-state index in [2.05, 4.69) is 18.7 Å². The third-order valence-electron chi connectivity index (χ3n) is 5.92. The predicted molar refractivity (Wildman–Crippen MR) is 107 cm³/mol. The summed E-state index contributed by atoms with van der Waals surface area (Å²) < 4.78 is 13.2. The van der Waals surface area contributed by atoms with E-state index < -0.39 is 0 Å². The molecule has 1 aromatic carbocycles. The lowest BCUT2D eigenvalue weighted by molar-refractivity contribution is -0.135. The summed E-state index contributed by atoms with van der Waals surface area (Å²) in [4.78, 5) is 31.8. The Morgan fingerprint density at radius 3 is 2.43 bits per heavy atom. The molecule has 5 nitrogen and oxygen atoms in total. The number of rotatable bonds is 5. The Morgan fingerprint density at radius 1 is 1.11 bits per heavy atom. The number of carbonyl (C=O) groups is 2. The van der Waals surface area contributed by atoms with Gasteiger partial charge < -0.3 is 9.80 Å². The maximum atomic E-state index is 13.2. The molecule has 0 aromatic heterocycles. The average Bonchev–Trinajstić information content (AvgIpc) is 2.84. The zero-order valence-electron chi connectivity index (χ0n) is 17.1. The van der Waals surface area contributed by atoms with Crippen LogP contribution in [0.15, 0.2) is 24.3 Å². The first-order valence-corrected chi connectivity index (χ1v) is 10.5. The van der Waals surface area contributed by atoms with Crippen molar-refractivity contribution >= 4 is 11.8 Å². The number of likely N-dealkylation sites (tertiary alicyclic amines) is 1. The maximum absolute atomic E-state index is 13.2. The molecule has 2 aliphatic heterocycles. The van der Waals surface area contributed by atoms with Crippen molar-refractivity contribution in [3.05, 3.63) is 35.6 Å². The number of hydrogen-bond donors (Lipinski definition) is 0. The molecule has 0 unspecified atom stereocenters. The van der Waals surface area contributed by atoms with Crippen LogP contribution < -0.4 is 0 Å². The minimum absolute atomic E-state index is 0.0367. The highest BCUT2D eigenvalue weighted by molar-refractivity contribution is 5.81. The lowest BCUT2D eigenvalue weighted by atomic mass is 10.0. The van der Waals surface area contributed by atoms with E-state index in [0.717, 1.165) is 31.5 Å². The van der Waals surface area contributed by atoms with E-state index in [-0.39, 0.29) is 29.6 Å². The second kappa shape index (κ2) is 9.50. The van der Waals surface area contributed by atoms with Crippen molar-refractivity contribution in [1.82, 2.24) is 14.7 Å². The van der Waals surface area contributed by atoms with Crippen LogP contribution in [0.5, 0.6) is 0 Å². The highest BCUT2D eigenvalue weighted by atomic mass is 19.1. The van der Waals surface area contributed by atoms with Crippen LogP contribution in [0.4, 0.5) is 4.39 Å². The fourth-order valence-corrected chi connectivity index (χ4v) is 4.17. The monoisotopic (exact) mass is 389 g/mol. The molecule has 1 atom stereocenters. The number of carbonyl (C=O) groups excluding carboxylic acids is 2. The highest BCUT2D eigenvalue weighted by Gasteiger charge is 2.33. The molecule has 0 N–H and O–H groups in total. The van der Waals surface area contributed by atoms with Crippen LogP contribution in [0.1, 0.15) is 45.1 Å². The van der Waals surface area contributed by atoms with Crippen molar-refractivity contribution in [2.24, 2.45) is 5.92 Å². The van der Waals surface area contributed by atoms with Gasteiger partial charge >= 0.3 is 0 Å². The molecule has 0 spiro atoms. The number of halogens is 1. The largest absolute Gasteiger partial charge is 0.339 e. The minimum Gasteiger partial charge on any atom is -0.339 e. The second-order valence-electron chi connectivity index (χ2n) is 8.39. The summed E-state index contributed by atoms with van der Waals surface area (Å²) in [5.41, 5.74) is 0.911. The molecule has 3 rings (SSSR count). The second-order valence-corrected chi connectivity index (χ2v) is 8.39. The van der Waals surface area contributed by atoms with Gasteiger partial charge in [0.1, 0.15) is 5.82 Å². The first-order chi connectivity index (χ1) is 13.4. The first kappa shape index (κ1) is 20.8. The van der Waals surface area contributed by atoms with Crippen molar-refractivity contribution in [2.75, 3.05) is 32.7 Å². The third-order valence-corrected chi connectivity index (χ3v) is 5.92. The summed E-state index contributed by atoms with van der Waals surface area (Å²) >= 11 is 0. The molecule has 6 heteroatoms. The van der Waals surface area contributed by atoms with Crippen LogP contribution in [0, 0.1) is 11.7 Å². The fraction of sp³-hybridized carbons (Fsp3) is 0.636. The van der Waals surface area contributed by atoms with Crippen LogP contribution in [-0.2, 0) is 16.1 Å². The lowest BCUT2D eigenvalue weighted by Crippen LogP contribution is -2.49. The van der Waals surface area contributed by atoms with Crippen molar-refractivity contribution in [2.45, 2.75) is 52.1 Å². The van der Waals surface area contributed by atoms with Gasteiger partial charge in [-0.05, 0) is 49.5 Å². The highest BCUT2D eigenvalue weighted by Crippen LogP contribution is 2.21. The van der Waals surface area contributed by atoms with Crippen LogP contribution in [0.2, 0.25) is 0 Å². The molecule has 2 fully saturated rings. The van der Waals surface area contributed by atoms with E-state index in [1.807, 2.05) is 9.80 Å². The Balaban J connectivity index is 1.69. The summed E-state index contributed by atoms with van der Waals surface area (Å²) in [6, 6.07) is 6.27. The summed E-state index contributed by atoms with van der Waals surface area (Å²) in [6.07, 6.45) is 3.91. The topological polar surface area (TPSA) is 43.9 Å². The molecule has 2 aliphatic rings. The Kier molecular flexibility index (Phi) is 7.05. The normalized spacial score (nSPS) is 21.9.